The third-order valence-corrected chi connectivity index (χ3v) is 5.30. The molecule has 22 heavy (non-hydrogen) atoms. The highest BCUT2D eigenvalue weighted by Gasteiger charge is 2.16. The summed E-state index contributed by atoms with van der Waals surface area (Å²) >= 11 is 0. The summed E-state index contributed by atoms with van der Waals surface area (Å²) in [7, 11) is -3.28. The SMILES string of the molecule is CCS(=O)(=O)Nc1ccc(C(=O)NC2CCCCCC2)cc1. The van der Waals surface area contributed by atoms with Gasteiger partial charge in [-0.05, 0) is 44.0 Å². The molecule has 5 nitrogen and oxygen atoms in total. The molecule has 0 unspecified atom stereocenters. The van der Waals surface area contributed by atoms with Gasteiger partial charge in [0.05, 0.1) is 5.75 Å². The molecule has 0 atom stereocenters. The van der Waals surface area contributed by atoms with Gasteiger partial charge in [-0.2, -0.15) is 0 Å². The zero-order valence-electron chi connectivity index (χ0n) is 13.0. The minimum Gasteiger partial charge on any atom is -0.349 e. The van der Waals surface area contributed by atoms with E-state index in [9.17, 15) is 13.2 Å². The molecule has 0 spiro atoms. The summed E-state index contributed by atoms with van der Waals surface area (Å²) in [6.07, 6.45) is 6.92. The molecule has 0 saturated heterocycles. The Labute approximate surface area is 132 Å². The molecule has 1 saturated carbocycles. The second kappa shape index (κ2) is 7.63. The lowest BCUT2D eigenvalue weighted by Gasteiger charge is -2.16. The molecule has 6 heteroatoms. The minimum absolute atomic E-state index is 0.0247. The predicted molar refractivity (Wildman–Crippen MR) is 88.5 cm³/mol. The molecule has 1 fully saturated rings. The van der Waals surface area contributed by atoms with Crippen LogP contribution in [0.15, 0.2) is 24.3 Å². The molecule has 0 aromatic heterocycles. The number of amides is 1. The third kappa shape index (κ3) is 5.02. The van der Waals surface area contributed by atoms with Crippen LogP contribution in [0.5, 0.6) is 0 Å². The molecule has 0 bridgehead atoms. The van der Waals surface area contributed by atoms with Crippen LogP contribution in [0.4, 0.5) is 5.69 Å². The van der Waals surface area contributed by atoms with E-state index in [4.69, 9.17) is 0 Å². The van der Waals surface area contributed by atoms with Gasteiger partial charge in [0, 0.05) is 17.3 Å². The molecule has 1 aromatic carbocycles. The van der Waals surface area contributed by atoms with Crippen molar-refractivity contribution in [1.29, 1.82) is 0 Å². The standard InChI is InChI=1S/C16H24N2O3S/c1-2-22(20,21)18-15-11-9-13(10-12-15)16(19)17-14-7-5-3-4-6-8-14/h9-12,14,18H,2-8H2,1H3,(H,17,19). The van der Waals surface area contributed by atoms with E-state index >= 15 is 0 Å². The van der Waals surface area contributed by atoms with E-state index < -0.39 is 10.0 Å². The third-order valence-electron chi connectivity index (χ3n) is 3.99. The van der Waals surface area contributed by atoms with Crippen molar-refractivity contribution in [1.82, 2.24) is 5.32 Å². The van der Waals surface area contributed by atoms with Crippen molar-refractivity contribution in [3.8, 4) is 0 Å². The van der Waals surface area contributed by atoms with Gasteiger partial charge in [-0.1, -0.05) is 25.7 Å². The summed E-state index contributed by atoms with van der Waals surface area (Å²) in [4.78, 5) is 12.2. The lowest BCUT2D eigenvalue weighted by atomic mass is 10.1. The summed E-state index contributed by atoms with van der Waals surface area (Å²) in [5, 5.41) is 3.08. The normalized spacial score (nSPS) is 16.8. The number of hydrogen-bond donors (Lipinski definition) is 2. The average molecular weight is 324 g/mol. The Morgan fingerprint density at radius 1 is 1.09 bits per heavy atom. The lowest BCUT2D eigenvalue weighted by Crippen LogP contribution is -2.34. The molecule has 1 aliphatic rings. The number of anilines is 1. The highest BCUT2D eigenvalue weighted by molar-refractivity contribution is 7.92. The van der Waals surface area contributed by atoms with Crippen molar-refractivity contribution < 1.29 is 13.2 Å². The number of hydrogen-bond acceptors (Lipinski definition) is 3. The van der Waals surface area contributed by atoms with E-state index in [-0.39, 0.29) is 17.7 Å². The van der Waals surface area contributed by atoms with Crippen molar-refractivity contribution >= 4 is 21.6 Å². The van der Waals surface area contributed by atoms with Gasteiger partial charge >= 0.3 is 0 Å². The Hall–Kier alpha value is -1.56. The number of benzene rings is 1. The van der Waals surface area contributed by atoms with Gasteiger partial charge in [0.15, 0.2) is 0 Å². The van der Waals surface area contributed by atoms with Crippen molar-refractivity contribution in [2.45, 2.75) is 51.5 Å². The maximum absolute atomic E-state index is 12.2. The molecule has 122 valence electrons. The number of nitrogens with one attached hydrogen (secondary N) is 2. The smallest absolute Gasteiger partial charge is 0.251 e. The van der Waals surface area contributed by atoms with Crippen molar-refractivity contribution in [3.05, 3.63) is 29.8 Å². The van der Waals surface area contributed by atoms with Gasteiger partial charge < -0.3 is 5.32 Å². The molecular weight excluding hydrogens is 300 g/mol. The molecule has 2 rings (SSSR count). The highest BCUT2D eigenvalue weighted by atomic mass is 32.2. The Balaban J connectivity index is 1.95. The first-order valence-electron chi connectivity index (χ1n) is 7.91. The van der Waals surface area contributed by atoms with Gasteiger partial charge in [0.25, 0.3) is 5.91 Å². The number of carbonyl (C=O) groups is 1. The van der Waals surface area contributed by atoms with E-state index in [1.807, 2.05) is 0 Å². The summed E-state index contributed by atoms with van der Waals surface area (Å²) in [5.74, 6) is -0.0616. The topological polar surface area (TPSA) is 75.3 Å². The monoisotopic (exact) mass is 324 g/mol. The minimum atomic E-state index is -3.28. The van der Waals surface area contributed by atoms with Gasteiger partial charge in [-0.25, -0.2) is 8.42 Å². The molecule has 1 aromatic rings. The Kier molecular flexibility index (Phi) is 5.83. The number of carbonyl (C=O) groups excluding carboxylic acids is 1. The quantitative estimate of drug-likeness (QED) is 0.818. The van der Waals surface area contributed by atoms with E-state index in [0.29, 0.717) is 11.3 Å². The van der Waals surface area contributed by atoms with Gasteiger partial charge in [0.1, 0.15) is 0 Å². The molecule has 0 heterocycles. The second-order valence-electron chi connectivity index (χ2n) is 5.74. The van der Waals surface area contributed by atoms with E-state index in [1.165, 1.54) is 25.7 Å². The van der Waals surface area contributed by atoms with E-state index in [1.54, 1.807) is 31.2 Å². The van der Waals surface area contributed by atoms with E-state index in [2.05, 4.69) is 10.0 Å². The first kappa shape index (κ1) is 16.8. The van der Waals surface area contributed by atoms with Crippen LogP contribution in [0.3, 0.4) is 0 Å². The maximum Gasteiger partial charge on any atom is 0.251 e. The zero-order chi connectivity index (χ0) is 16.0. The molecule has 0 aliphatic heterocycles. The predicted octanol–water partition coefficient (Wildman–Crippen LogP) is 2.90. The van der Waals surface area contributed by atoms with Gasteiger partial charge in [-0.15, -0.1) is 0 Å². The lowest BCUT2D eigenvalue weighted by molar-refractivity contribution is 0.0933. The van der Waals surface area contributed by atoms with Crippen LogP contribution in [0.2, 0.25) is 0 Å². The van der Waals surface area contributed by atoms with Gasteiger partial charge in [0.2, 0.25) is 10.0 Å². The van der Waals surface area contributed by atoms with Crippen LogP contribution in [0.1, 0.15) is 55.8 Å². The zero-order valence-corrected chi connectivity index (χ0v) is 13.8. The molecule has 2 N–H and O–H groups in total. The molecule has 1 aliphatic carbocycles. The molecule has 0 radical (unpaired) electrons. The van der Waals surface area contributed by atoms with Gasteiger partial charge in [-0.3, -0.25) is 9.52 Å². The summed E-state index contributed by atoms with van der Waals surface area (Å²) in [6, 6.07) is 6.80. The van der Waals surface area contributed by atoms with Crippen molar-refractivity contribution in [3.63, 3.8) is 0 Å². The Morgan fingerprint density at radius 3 is 2.23 bits per heavy atom. The van der Waals surface area contributed by atoms with Crippen LogP contribution in [-0.2, 0) is 10.0 Å². The Bertz CT molecular complexity index is 588. The average Bonchev–Trinajstić information content (AvgIpc) is 2.76. The maximum atomic E-state index is 12.2. The van der Waals surface area contributed by atoms with Crippen molar-refractivity contribution in [2.24, 2.45) is 0 Å². The van der Waals surface area contributed by atoms with Crippen molar-refractivity contribution in [2.75, 3.05) is 10.5 Å². The summed E-state index contributed by atoms with van der Waals surface area (Å²) in [5.41, 5.74) is 1.04. The summed E-state index contributed by atoms with van der Waals surface area (Å²) in [6.45, 7) is 1.58. The fourth-order valence-electron chi connectivity index (χ4n) is 2.63. The fraction of sp³-hybridized carbons (Fsp3) is 0.562. The molecule has 1 amide bonds. The summed E-state index contributed by atoms with van der Waals surface area (Å²) < 4.78 is 25.4. The first-order valence-corrected chi connectivity index (χ1v) is 9.57. The Morgan fingerprint density at radius 2 is 1.68 bits per heavy atom. The highest BCUT2D eigenvalue weighted by Crippen LogP contribution is 2.18. The van der Waals surface area contributed by atoms with Crippen LogP contribution >= 0.6 is 0 Å². The second-order valence-corrected chi connectivity index (χ2v) is 7.76. The first-order chi connectivity index (χ1) is 10.5. The van der Waals surface area contributed by atoms with Crippen LogP contribution in [0.25, 0.3) is 0 Å². The number of rotatable bonds is 5. The van der Waals surface area contributed by atoms with E-state index in [0.717, 1.165) is 12.8 Å². The van der Waals surface area contributed by atoms with Crippen LogP contribution in [-0.4, -0.2) is 26.1 Å². The largest absolute Gasteiger partial charge is 0.349 e. The van der Waals surface area contributed by atoms with Crippen LogP contribution in [0, 0.1) is 0 Å². The fourth-order valence-corrected chi connectivity index (χ4v) is 3.27. The van der Waals surface area contributed by atoms with Crippen LogP contribution < -0.4 is 10.0 Å². The molecular formula is C16H24N2O3S. The number of sulfonamides is 1.